The number of nitrogens with zero attached hydrogens (tertiary/aromatic N) is 2. The maximum atomic E-state index is 13.7. The molecule has 0 saturated heterocycles. The molecule has 0 radical (unpaired) electrons. The minimum absolute atomic E-state index is 0.134. The number of benzene rings is 2. The van der Waals surface area contributed by atoms with Crippen molar-refractivity contribution in [2.75, 3.05) is 20.3 Å². The van der Waals surface area contributed by atoms with Gasteiger partial charge in [0.2, 0.25) is 0 Å². The van der Waals surface area contributed by atoms with E-state index in [0.29, 0.717) is 27.2 Å². The predicted molar refractivity (Wildman–Crippen MR) is 135 cm³/mol. The Hall–Kier alpha value is -3.33. The van der Waals surface area contributed by atoms with Gasteiger partial charge in [-0.1, -0.05) is 59.9 Å². The fourth-order valence-electron chi connectivity index (χ4n) is 4.11. The second-order valence-electron chi connectivity index (χ2n) is 7.79. The zero-order chi connectivity index (χ0) is 23.7. The molecule has 0 saturated carbocycles. The molecule has 0 aliphatic carbocycles. The summed E-state index contributed by atoms with van der Waals surface area (Å²) in [5.41, 5.74) is 1.72. The Bertz CT molecular complexity index is 1570. The highest BCUT2D eigenvalue weighted by Crippen LogP contribution is 2.33. The minimum atomic E-state index is -0.582. The number of aromatic nitrogens is 1. The van der Waals surface area contributed by atoms with Crippen LogP contribution in [0.3, 0.4) is 0 Å². The maximum absolute atomic E-state index is 13.7. The van der Waals surface area contributed by atoms with Gasteiger partial charge in [0.25, 0.3) is 5.56 Å². The lowest BCUT2D eigenvalue weighted by Crippen LogP contribution is -2.39. The van der Waals surface area contributed by atoms with Gasteiger partial charge in [-0.25, -0.2) is 9.79 Å². The van der Waals surface area contributed by atoms with Crippen LogP contribution in [-0.4, -0.2) is 30.9 Å². The van der Waals surface area contributed by atoms with Crippen LogP contribution in [0, 0.1) is 0 Å². The van der Waals surface area contributed by atoms with E-state index in [1.807, 2.05) is 53.9 Å². The number of rotatable bonds is 6. The largest absolute Gasteiger partial charge is 0.460 e. The lowest BCUT2D eigenvalue weighted by molar-refractivity contribution is -0.140. The van der Waals surface area contributed by atoms with Gasteiger partial charge in [0.15, 0.2) is 4.80 Å². The van der Waals surface area contributed by atoms with Gasteiger partial charge in [-0.15, -0.1) is 11.3 Å². The summed E-state index contributed by atoms with van der Waals surface area (Å²) in [5.74, 6) is -0.486. The fourth-order valence-corrected chi connectivity index (χ4v) is 5.97. The third-order valence-corrected chi connectivity index (χ3v) is 7.59. The van der Waals surface area contributed by atoms with Gasteiger partial charge in [-0.2, -0.15) is 0 Å². The number of hydrogen-bond acceptors (Lipinski definition) is 7. The van der Waals surface area contributed by atoms with Crippen molar-refractivity contribution in [3.8, 4) is 0 Å². The van der Waals surface area contributed by atoms with E-state index in [1.165, 1.54) is 22.7 Å². The van der Waals surface area contributed by atoms with Crippen molar-refractivity contribution < 1.29 is 14.3 Å². The molecule has 1 unspecified atom stereocenters. The Kier molecular flexibility index (Phi) is 6.28. The molecule has 1 atom stereocenters. The first-order valence-corrected chi connectivity index (χ1v) is 12.5. The van der Waals surface area contributed by atoms with Crippen LogP contribution in [0.4, 0.5) is 0 Å². The van der Waals surface area contributed by atoms with Crippen LogP contribution >= 0.6 is 22.7 Å². The second-order valence-corrected chi connectivity index (χ2v) is 9.78. The van der Waals surface area contributed by atoms with E-state index in [2.05, 4.69) is 17.1 Å². The minimum Gasteiger partial charge on any atom is -0.460 e. The molecule has 34 heavy (non-hydrogen) atoms. The molecule has 1 aliphatic heterocycles. The highest BCUT2D eigenvalue weighted by Gasteiger charge is 2.34. The number of fused-ring (bicyclic) bond motifs is 2. The highest BCUT2D eigenvalue weighted by molar-refractivity contribution is 7.10. The molecular weight excluding hydrogens is 468 g/mol. The molecule has 4 aromatic rings. The first-order valence-electron chi connectivity index (χ1n) is 10.8. The van der Waals surface area contributed by atoms with E-state index in [0.717, 1.165) is 21.2 Å². The molecule has 2 aromatic carbocycles. The van der Waals surface area contributed by atoms with Gasteiger partial charge in [0.1, 0.15) is 12.6 Å². The summed E-state index contributed by atoms with van der Waals surface area (Å²) >= 11 is 2.83. The summed E-state index contributed by atoms with van der Waals surface area (Å²) in [6.45, 7) is 2.22. The topological polar surface area (TPSA) is 69.9 Å². The van der Waals surface area contributed by atoms with Crippen LogP contribution in [0.5, 0.6) is 0 Å². The summed E-state index contributed by atoms with van der Waals surface area (Å²) in [6, 6.07) is 17.4. The molecule has 0 spiro atoms. The molecule has 172 valence electrons. The first-order chi connectivity index (χ1) is 16.6. The number of thiazole rings is 1. The number of thiophene rings is 1. The van der Waals surface area contributed by atoms with E-state index in [1.54, 1.807) is 18.6 Å². The first kappa shape index (κ1) is 22.5. The average Bonchev–Trinajstić information content (AvgIpc) is 3.47. The van der Waals surface area contributed by atoms with Crippen molar-refractivity contribution in [3.63, 3.8) is 0 Å². The van der Waals surface area contributed by atoms with Crippen LogP contribution < -0.4 is 14.9 Å². The molecule has 2 aromatic heterocycles. The van der Waals surface area contributed by atoms with E-state index in [-0.39, 0.29) is 12.2 Å². The van der Waals surface area contributed by atoms with Crippen molar-refractivity contribution in [2.45, 2.75) is 13.0 Å². The average molecular weight is 491 g/mol. The normalized spacial score (nSPS) is 15.9. The molecule has 0 N–H and O–H groups in total. The Morgan fingerprint density at radius 3 is 2.74 bits per heavy atom. The summed E-state index contributed by atoms with van der Waals surface area (Å²) < 4.78 is 12.6. The van der Waals surface area contributed by atoms with Crippen LogP contribution in [0.2, 0.25) is 0 Å². The van der Waals surface area contributed by atoms with Crippen LogP contribution in [-0.2, 0) is 14.3 Å². The Morgan fingerprint density at radius 2 is 1.94 bits per heavy atom. The number of ether oxygens (including phenoxy) is 2. The van der Waals surface area contributed by atoms with Crippen molar-refractivity contribution >= 4 is 45.5 Å². The quantitative estimate of drug-likeness (QED) is 0.306. The van der Waals surface area contributed by atoms with Crippen LogP contribution in [0.25, 0.3) is 16.8 Å². The number of methoxy groups -OCH3 is 1. The van der Waals surface area contributed by atoms with Gasteiger partial charge in [-0.05, 0) is 40.8 Å². The lowest BCUT2D eigenvalue weighted by atomic mass is 10.0. The molecule has 0 bridgehead atoms. The molecule has 3 heterocycles. The molecule has 5 rings (SSSR count). The number of carbonyl (C=O) groups excluding carboxylic acids is 1. The number of hydrogen-bond donors (Lipinski definition) is 0. The molecular formula is C26H22N2O4S2. The van der Waals surface area contributed by atoms with Crippen molar-refractivity contribution in [2.24, 2.45) is 4.99 Å². The van der Waals surface area contributed by atoms with Gasteiger partial charge in [0, 0.05) is 12.0 Å². The van der Waals surface area contributed by atoms with Gasteiger partial charge in [-0.3, -0.25) is 9.36 Å². The van der Waals surface area contributed by atoms with Crippen molar-refractivity contribution in [1.82, 2.24) is 4.57 Å². The summed E-state index contributed by atoms with van der Waals surface area (Å²) in [4.78, 5) is 32.8. The fraction of sp³-hybridized carbons (Fsp3) is 0.192. The van der Waals surface area contributed by atoms with Gasteiger partial charge >= 0.3 is 5.97 Å². The zero-order valence-electron chi connectivity index (χ0n) is 18.7. The Morgan fingerprint density at radius 1 is 1.12 bits per heavy atom. The second kappa shape index (κ2) is 9.50. The SMILES string of the molecule is COCCOC(=O)C1=C(C)N=c2s/c(=C/c3cccc4ccccc34)c(=O)n2C1c1cccs1. The molecule has 6 nitrogen and oxygen atoms in total. The van der Waals surface area contributed by atoms with E-state index in [9.17, 15) is 9.59 Å². The predicted octanol–water partition coefficient (Wildman–Crippen LogP) is 3.64. The highest BCUT2D eigenvalue weighted by atomic mass is 32.1. The standard InChI is InChI=1S/C26H22N2O4S2/c1-16-22(25(30)32-13-12-31-2)23(20-11-6-14-33-20)28-24(29)21(34-26(28)27-16)15-18-9-5-8-17-7-3-4-10-19(17)18/h3-11,14-15,23H,12-13H2,1-2H3/b21-15+. The van der Waals surface area contributed by atoms with E-state index < -0.39 is 12.0 Å². The lowest BCUT2D eigenvalue weighted by Gasteiger charge is -2.23. The van der Waals surface area contributed by atoms with E-state index in [4.69, 9.17) is 9.47 Å². The Labute approximate surface area is 203 Å². The Balaban J connectivity index is 1.67. The molecule has 8 heteroatoms. The van der Waals surface area contributed by atoms with Crippen LogP contribution in [0.1, 0.15) is 23.4 Å². The summed E-state index contributed by atoms with van der Waals surface area (Å²) in [7, 11) is 1.55. The molecule has 0 amide bonds. The monoisotopic (exact) mass is 490 g/mol. The third-order valence-electron chi connectivity index (χ3n) is 5.68. The number of esters is 1. The number of allylic oxidation sites excluding steroid dienone is 1. The zero-order valence-corrected chi connectivity index (χ0v) is 20.3. The summed E-state index contributed by atoms with van der Waals surface area (Å²) in [5, 5.41) is 4.12. The van der Waals surface area contributed by atoms with Gasteiger partial charge < -0.3 is 9.47 Å². The van der Waals surface area contributed by atoms with Crippen molar-refractivity contribution in [3.05, 3.63) is 101 Å². The van der Waals surface area contributed by atoms with Crippen molar-refractivity contribution in [1.29, 1.82) is 0 Å². The maximum Gasteiger partial charge on any atom is 0.338 e. The van der Waals surface area contributed by atoms with Gasteiger partial charge in [0.05, 0.1) is 22.4 Å². The number of carbonyl (C=O) groups is 1. The smallest absolute Gasteiger partial charge is 0.338 e. The van der Waals surface area contributed by atoms with E-state index >= 15 is 0 Å². The summed E-state index contributed by atoms with van der Waals surface area (Å²) in [6.07, 6.45) is 1.91. The molecule has 0 fully saturated rings. The van der Waals surface area contributed by atoms with Crippen LogP contribution in [0.15, 0.2) is 81.0 Å². The third kappa shape index (κ3) is 4.04. The molecule has 1 aliphatic rings.